The summed E-state index contributed by atoms with van der Waals surface area (Å²) >= 11 is 1.29. The molecule has 0 amide bonds. The van der Waals surface area contributed by atoms with Gasteiger partial charge in [0.05, 0.1) is 12.0 Å². The molecule has 0 aliphatic heterocycles. The highest BCUT2D eigenvalue weighted by Gasteiger charge is 2.18. The van der Waals surface area contributed by atoms with Crippen LogP contribution < -0.4 is 0 Å². The number of hydrogen-bond donors (Lipinski definition) is 0. The lowest BCUT2D eigenvalue weighted by atomic mass is 10.2. The van der Waals surface area contributed by atoms with Crippen LogP contribution in [0.3, 0.4) is 0 Å². The summed E-state index contributed by atoms with van der Waals surface area (Å²) in [6, 6.07) is 3.60. The molecule has 0 unspecified atom stereocenters. The van der Waals surface area contributed by atoms with Gasteiger partial charge in [-0.1, -0.05) is 11.8 Å². The van der Waals surface area contributed by atoms with Gasteiger partial charge in [-0.25, -0.2) is 0 Å². The number of rotatable bonds is 4. The van der Waals surface area contributed by atoms with E-state index in [4.69, 9.17) is 9.15 Å². The molecule has 7 heteroatoms. The molecule has 0 fully saturated rings. The third-order valence-electron chi connectivity index (χ3n) is 2.32. The normalized spacial score (nSPS) is 11.6. The van der Waals surface area contributed by atoms with Crippen LogP contribution >= 0.6 is 11.8 Å². The summed E-state index contributed by atoms with van der Waals surface area (Å²) in [6.45, 7) is 5.52. The van der Waals surface area contributed by atoms with Crippen LogP contribution in [0, 0.1) is 0 Å². The molecule has 0 saturated carbocycles. The van der Waals surface area contributed by atoms with Crippen LogP contribution in [0.2, 0.25) is 0 Å². The number of hydrogen-bond acceptors (Lipinski definition) is 6. The molecule has 2 aromatic heterocycles. The minimum atomic E-state index is -0.475. The predicted molar refractivity (Wildman–Crippen MR) is 75.3 cm³/mol. The van der Waals surface area contributed by atoms with Crippen LogP contribution in [-0.2, 0) is 16.6 Å². The summed E-state index contributed by atoms with van der Waals surface area (Å²) in [4.78, 5) is 11.7. The number of carbonyl (C=O) groups is 1. The van der Waals surface area contributed by atoms with E-state index in [-0.39, 0.29) is 11.7 Å². The minimum Gasteiger partial charge on any atom is -0.461 e. The minimum absolute atomic E-state index is 0.196. The monoisotopic (exact) mass is 295 g/mol. The van der Waals surface area contributed by atoms with Crippen molar-refractivity contribution in [3.05, 3.63) is 18.4 Å². The van der Waals surface area contributed by atoms with Crippen molar-refractivity contribution in [3.63, 3.8) is 0 Å². The smallest absolute Gasteiger partial charge is 0.316 e. The van der Waals surface area contributed by atoms with Gasteiger partial charge in [0.15, 0.2) is 16.7 Å². The highest BCUT2D eigenvalue weighted by Crippen LogP contribution is 2.23. The van der Waals surface area contributed by atoms with Gasteiger partial charge in [0.1, 0.15) is 5.60 Å². The summed E-state index contributed by atoms with van der Waals surface area (Å²) in [6.07, 6.45) is 1.58. The van der Waals surface area contributed by atoms with Crippen molar-refractivity contribution >= 4 is 17.7 Å². The van der Waals surface area contributed by atoms with Gasteiger partial charge >= 0.3 is 5.97 Å². The lowest BCUT2D eigenvalue weighted by Gasteiger charge is -2.19. The van der Waals surface area contributed by atoms with Gasteiger partial charge < -0.3 is 13.7 Å². The molecular formula is C13H17N3O3S. The molecule has 6 nitrogen and oxygen atoms in total. The molecule has 108 valence electrons. The molecule has 2 heterocycles. The van der Waals surface area contributed by atoms with E-state index in [1.807, 2.05) is 33.9 Å². The van der Waals surface area contributed by atoms with Gasteiger partial charge in [0.25, 0.3) is 0 Å². The Morgan fingerprint density at radius 3 is 2.80 bits per heavy atom. The molecule has 0 aliphatic carbocycles. The average Bonchev–Trinajstić information content (AvgIpc) is 2.93. The number of nitrogens with zero attached hydrogens (tertiary/aromatic N) is 3. The Bertz CT molecular complexity index is 585. The maximum Gasteiger partial charge on any atom is 0.316 e. The van der Waals surface area contributed by atoms with Crippen molar-refractivity contribution in [3.8, 4) is 11.6 Å². The summed E-state index contributed by atoms with van der Waals surface area (Å²) in [5.74, 6) is 1.19. The van der Waals surface area contributed by atoms with E-state index in [2.05, 4.69) is 10.2 Å². The van der Waals surface area contributed by atoms with E-state index >= 15 is 0 Å². The molecule has 2 aromatic rings. The van der Waals surface area contributed by atoms with Crippen molar-refractivity contribution in [1.29, 1.82) is 0 Å². The molecule has 0 radical (unpaired) electrons. The molecule has 2 rings (SSSR count). The first-order chi connectivity index (χ1) is 9.37. The van der Waals surface area contributed by atoms with Gasteiger partial charge in [0.2, 0.25) is 0 Å². The van der Waals surface area contributed by atoms with Crippen molar-refractivity contribution in [2.75, 3.05) is 5.75 Å². The second kappa shape index (κ2) is 5.70. The van der Waals surface area contributed by atoms with Crippen LogP contribution in [0.5, 0.6) is 0 Å². The molecule has 0 saturated heterocycles. The Morgan fingerprint density at radius 1 is 1.45 bits per heavy atom. The topological polar surface area (TPSA) is 70.2 Å². The maximum absolute atomic E-state index is 11.7. The zero-order valence-electron chi connectivity index (χ0n) is 11.9. The Kier molecular flexibility index (Phi) is 4.17. The molecule has 0 atom stereocenters. The van der Waals surface area contributed by atoms with E-state index in [0.717, 1.165) is 0 Å². The summed E-state index contributed by atoms with van der Waals surface area (Å²) in [5.41, 5.74) is -0.475. The maximum atomic E-state index is 11.7. The van der Waals surface area contributed by atoms with Crippen molar-refractivity contribution in [1.82, 2.24) is 14.8 Å². The third kappa shape index (κ3) is 3.63. The van der Waals surface area contributed by atoms with E-state index in [1.54, 1.807) is 16.9 Å². The fourth-order valence-corrected chi connectivity index (χ4v) is 2.24. The molecule has 0 N–H and O–H groups in total. The Labute approximate surface area is 121 Å². The second-order valence-electron chi connectivity index (χ2n) is 5.22. The Morgan fingerprint density at radius 2 is 2.20 bits per heavy atom. The highest BCUT2D eigenvalue weighted by atomic mass is 32.2. The van der Waals surface area contributed by atoms with E-state index < -0.39 is 5.60 Å². The summed E-state index contributed by atoms with van der Waals surface area (Å²) in [7, 11) is 1.83. The number of aromatic nitrogens is 3. The molecule has 0 bridgehead atoms. The predicted octanol–water partition coefficient (Wildman–Crippen LogP) is 2.51. The average molecular weight is 295 g/mol. The highest BCUT2D eigenvalue weighted by molar-refractivity contribution is 7.99. The number of thioether (sulfide) groups is 1. The van der Waals surface area contributed by atoms with Crippen LogP contribution in [-0.4, -0.2) is 32.1 Å². The van der Waals surface area contributed by atoms with Gasteiger partial charge in [-0.05, 0) is 32.9 Å². The zero-order chi connectivity index (χ0) is 14.8. The van der Waals surface area contributed by atoms with Crippen LogP contribution in [0.4, 0.5) is 0 Å². The van der Waals surface area contributed by atoms with Crippen molar-refractivity contribution in [2.45, 2.75) is 31.5 Å². The Hall–Kier alpha value is -1.76. The first kappa shape index (κ1) is 14.6. The van der Waals surface area contributed by atoms with Crippen LogP contribution in [0.25, 0.3) is 11.6 Å². The van der Waals surface area contributed by atoms with Gasteiger partial charge in [-0.2, -0.15) is 0 Å². The standard InChI is InChI=1S/C13H17N3O3S/c1-13(2,3)19-10(17)8-20-12-15-14-11(16(12)4)9-6-5-7-18-9/h5-7H,8H2,1-4H3. The van der Waals surface area contributed by atoms with E-state index in [9.17, 15) is 4.79 Å². The Balaban J connectivity index is 2.00. The fourth-order valence-electron chi connectivity index (χ4n) is 1.56. The van der Waals surface area contributed by atoms with Gasteiger partial charge in [-0.3, -0.25) is 4.79 Å². The van der Waals surface area contributed by atoms with Crippen LogP contribution in [0.15, 0.2) is 28.0 Å². The van der Waals surface area contributed by atoms with E-state index in [1.165, 1.54) is 11.8 Å². The second-order valence-corrected chi connectivity index (χ2v) is 6.16. The quantitative estimate of drug-likeness (QED) is 0.637. The van der Waals surface area contributed by atoms with E-state index in [0.29, 0.717) is 16.7 Å². The summed E-state index contributed by atoms with van der Waals surface area (Å²) in [5, 5.41) is 8.75. The first-order valence-electron chi connectivity index (χ1n) is 6.15. The number of esters is 1. The number of furan rings is 1. The zero-order valence-corrected chi connectivity index (χ0v) is 12.7. The lowest BCUT2D eigenvalue weighted by molar-refractivity contribution is -0.151. The molecular weight excluding hydrogens is 278 g/mol. The largest absolute Gasteiger partial charge is 0.461 e. The van der Waals surface area contributed by atoms with Crippen molar-refractivity contribution in [2.24, 2.45) is 7.05 Å². The van der Waals surface area contributed by atoms with Crippen LogP contribution in [0.1, 0.15) is 20.8 Å². The van der Waals surface area contributed by atoms with Crippen molar-refractivity contribution < 1.29 is 13.9 Å². The summed E-state index contributed by atoms with van der Waals surface area (Å²) < 4.78 is 12.3. The molecule has 0 aliphatic rings. The molecule has 20 heavy (non-hydrogen) atoms. The lowest BCUT2D eigenvalue weighted by Crippen LogP contribution is -2.25. The third-order valence-corrected chi connectivity index (χ3v) is 3.31. The van der Waals surface area contributed by atoms with Gasteiger partial charge in [0, 0.05) is 7.05 Å². The van der Waals surface area contributed by atoms with Gasteiger partial charge in [-0.15, -0.1) is 10.2 Å². The fraction of sp³-hybridized carbons (Fsp3) is 0.462. The number of carbonyl (C=O) groups excluding carboxylic acids is 1. The molecule has 0 aromatic carbocycles. The SMILES string of the molecule is Cn1c(SCC(=O)OC(C)(C)C)nnc1-c1ccco1. The first-order valence-corrected chi connectivity index (χ1v) is 7.13. The molecule has 0 spiro atoms. The number of ether oxygens (including phenoxy) is 1.